The Morgan fingerprint density at radius 3 is 2.41 bits per heavy atom. The maximum absolute atomic E-state index is 14.4. The molecule has 56 heavy (non-hydrogen) atoms. The number of ether oxygens (including phenoxy) is 5. The van der Waals surface area contributed by atoms with E-state index < -0.39 is 26.3 Å². The van der Waals surface area contributed by atoms with Crippen LogP contribution < -0.4 is 19.7 Å². The molecule has 0 aliphatic carbocycles. The van der Waals surface area contributed by atoms with Gasteiger partial charge in [-0.3, -0.25) is 19.8 Å². The van der Waals surface area contributed by atoms with Gasteiger partial charge >= 0.3 is 12.2 Å². The lowest BCUT2D eigenvalue weighted by Crippen LogP contribution is -2.45. The van der Waals surface area contributed by atoms with Gasteiger partial charge in [0.15, 0.2) is 11.5 Å². The van der Waals surface area contributed by atoms with Crippen molar-refractivity contribution in [1.82, 2.24) is 10.2 Å². The fraction of sp³-hybridized carbons (Fsp3) is 0.439. The van der Waals surface area contributed by atoms with Gasteiger partial charge < -0.3 is 28.6 Å². The Labute approximate surface area is 338 Å². The molecule has 0 unspecified atom stereocenters. The molecule has 0 spiro atoms. The monoisotopic (exact) mass is 852 g/mol. The number of nitrogens with zero attached hydrogens (tertiary/aromatic N) is 3. The van der Waals surface area contributed by atoms with E-state index in [1.807, 2.05) is 24.3 Å². The Bertz CT molecular complexity index is 1790. The fourth-order valence-electron chi connectivity index (χ4n) is 5.95. The van der Waals surface area contributed by atoms with E-state index in [2.05, 4.69) is 59.0 Å². The van der Waals surface area contributed by atoms with Crippen LogP contribution in [0.4, 0.5) is 15.3 Å². The summed E-state index contributed by atoms with van der Waals surface area (Å²) >= 11 is 3.46. The van der Waals surface area contributed by atoms with E-state index in [4.69, 9.17) is 23.7 Å². The van der Waals surface area contributed by atoms with E-state index in [-0.39, 0.29) is 44.0 Å². The summed E-state index contributed by atoms with van der Waals surface area (Å²) in [5, 5.41) is 3.42. The van der Waals surface area contributed by atoms with Gasteiger partial charge in [-0.25, -0.2) is 9.59 Å². The smallest absolute Gasteiger partial charge is 0.435 e. The third kappa shape index (κ3) is 12.6. The van der Waals surface area contributed by atoms with Crippen molar-refractivity contribution in [2.75, 3.05) is 50.5 Å². The van der Waals surface area contributed by atoms with Gasteiger partial charge in [0, 0.05) is 45.1 Å². The summed E-state index contributed by atoms with van der Waals surface area (Å²) in [6, 6.07) is 11.2. The number of benzene rings is 2. The summed E-state index contributed by atoms with van der Waals surface area (Å²) in [5.41, 5.74) is 3.30. The Morgan fingerprint density at radius 1 is 1.00 bits per heavy atom. The highest BCUT2D eigenvalue weighted by Crippen LogP contribution is 2.42. The predicted octanol–water partition coefficient (Wildman–Crippen LogP) is 8.12. The first kappa shape index (κ1) is 44.0. The molecule has 0 aromatic heterocycles. The lowest BCUT2D eigenvalue weighted by atomic mass is 9.99. The van der Waals surface area contributed by atoms with Gasteiger partial charge in [-0.1, -0.05) is 85.1 Å². The van der Waals surface area contributed by atoms with Crippen LogP contribution in [0.3, 0.4) is 0 Å². The molecule has 302 valence electrons. The molecule has 4 rings (SSSR count). The largest absolute Gasteiger partial charge is 0.493 e. The highest BCUT2D eigenvalue weighted by Gasteiger charge is 2.43. The van der Waals surface area contributed by atoms with Crippen LogP contribution in [-0.4, -0.2) is 94.5 Å². The van der Waals surface area contributed by atoms with Crippen molar-refractivity contribution >= 4 is 65.1 Å². The number of rotatable bonds is 20. The summed E-state index contributed by atoms with van der Waals surface area (Å²) in [6.07, 6.45) is 6.76. The number of nitrogens with one attached hydrogen (secondary N) is 1. The first-order valence-corrected chi connectivity index (χ1v) is 23.5. The molecule has 0 fully saturated rings. The maximum atomic E-state index is 14.4. The van der Waals surface area contributed by atoms with E-state index in [0.717, 1.165) is 47.3 Å². The minimum Gasteiger partial charge on any atom is -0.493 e. The van der Waals surface area contributed by atoms with Crippen LogP contribution in [0.15, 0.2) is 72.9 Å². The van der Waals surface area contributed by atoms with Crippen LogP contribution in [-0.2, 0) is 25.4 Å². The SMILES string of the molecule is C=CCOC(=O)N=C(CCc1ccc(C2=CN3C(=O)c4cc(OC)c(OCCCCCBr)cc4N(COCC[Si](C)(C)C)C(=O)[C@@H]3C2)cc1)NC(=O)OCC=C. The van der Waals surface area contributed by atoms with Crippen molar-refractivity contribution in [2.24, 2.45) is 4.99 Å². The topological polar surface area (TPSA) is 145 Å². The molecule has 2 aliphatic rings. The van der Waals surface area contributed by atoms with Gasteiger partial charge in [-0.2, -0.15) is 4.99 Å². The summed E-state index contributed by atoms with van der Waals surface area (Å²) in [7, 11) is 0.136. The van der Waals surface area contributed by atoms with Crippen molar-refractivity contribution in [2.45, 2.75) is 70.3 Å². The average Bonchev–Trinajstić information content (AvgIpc) is 3.60. The van der Waals surface area contributed by atoms with E-state index in [1.54, 1.807) is 23.2 Å². The lowest BCUT2D eigenvalue weighted by molar-refractivity contribution is -0.122. The number of hydrogen-bond donors (Lipinski definition) is 1. The number of anilines is 1. The van der Waals surface area contributed by atoms with Crippen LogP contribution in [0, 0.1) is 0 Å². The summed E-state index contributed by atoms with van der Waals surface area (Å²) < 4.78 is 27.9. The molecular formula is C41H53BrN4O9Si. The number of carbonyl (C=O) groups is 4. The van der Waals surface area contributed by atoms with Crippen LogP contribution >= 0.6 is 15.9 Å². The number of unbranched alkanes of at least 4 members (excludes halogenated alkanes) is 2. The highest BCUT2D eigenvalue weighted by molar-refractivity contribution is 9.09. The molecule has 2 aromatic carbocycles. The quantitative estimate of drug-likeness (QED) is 0.0349. The van der Waals surface area contributed by atoms with Gasteiger partial charge in [-0.15, -0.1) is 0 Å². The number of alkyl halides is 1. The normalized spacial score (nSPS) is 15.3. The number of amides is 4. The molecule has 2 aromatic rings. The van der Waals surface area contributed by atoms with Crippen LogP contribution in [0.5, 0.6) is 11.5 Å². The van der Waals surface area contributed by atoms with Crippen molar-refractivity contribution < 1.29 is 42.9 Å². The number of fused-ring (bicyclic) bond motifs is 2. The molecule has 13 nitrogen and oxygen atoms in total. The number of aliphatic imine (C=N–C) groups is 1. The number of carbonyl (C=O) groups excluding carboxylic acids is 4. The number of alkyl carbamates (subject to hydrolysis) is 1. The van der Waals surface area contributed by atoms with Crippen LogP contribution in [0.2, 0.25) is 25.7 Å². The number of methoxy groups -OCH3 is 1. The molecule has 0 saturated carbocycles. The van der Waals surface area contributed by atoms with Crippen molar-refractivity contribution in [1.29, 1.82) is 0 Å². The van der Waals surface area contributed by atoms with E-state index in [0.29, 0.717) is 48.8 Å². The van der Waals surface area contributed by atoms with Crippen LogP contribution in [0.1, 0.15) is 53.6 Å². The lowest BCUT2D eigenvalue weighted by Gasteiger charge is -2.26. The molecular weight excluding hydrogens is 800 g/mol. The third-order valence-corrected chi connectivity index (χ3v) is 11.3. The Morgan fingerprint density at radius 2 is 1.73 bits per heavy atom. The van der Waals surface area contributed by atoms with Gasteiger partial charge in [0.1, 0.15) is 31.8 Å². The zero-order valence-electron chi connectivity index (χ0n) is 32.8. The summed E-state index contributed by atoms with van der Waals surface area (Å²) in [5.74, 6) is 0.377. The van der Waals surface area contributed by atoms with Gasteiger partial charge in [0.2, 0.25) is 0 Å². The number of aryl methyl sites for hydroxylation is 1. The molecule has 15 heteroatoms. The Balaban J connectivity index is 1.56. The van der Waals surface area contributed by atoms with E-state index in [9.17, 15) is 19.2 Å². The summed E-state index contributed by atoms with van der Waals surface area (Å²) in [4.78, 5) is 60.0. The van der Waals surface area contributed by atoms with Gasteiger partial charge in [-0.05, 0) is 54.5 Å². The molecule has 0 saturated heterocycles. The van der Waals surface area contributed by atoms with Crippen molar-refractivity contribution in [3.63, 3.8) is 0 Å². The zero-order valence-corrected chi connectivity index (χ0v) is 35.4. The molecule has 1 N–H and O–H groups in total. The number of amidine groups is 1. The predicted molar refractivity (Wildman–Crippen MR) is 224 cm³/mol. The van der Waals surface area contributed by atoms with Crippen LogP contribution in [0.25, 0.3) is 5.57 Å². The maximum Gasteiger partial charge on any atom is 0.435 e. The van der Waals surface area contributed by atoms with Crippen molar-refractivity contribution in [3.8, 4) is 11.5 Å². The molecule has 0 bridgehead atoms. The van der Waals surface area contributed by atoms with Gasteiger partial charge in [0.05, 0.1) is 25.0 Å². The molecule has 0 radical (unpaired) electrons. The average molecular weight is 854 g/mol. The molecule has 2 aliphatic heterocycles. The molecule has 4 amide bonds. The highest BCUT2D eigenvalue weighted by atomic mass is 79.9. The fourth-order valence-corrected chi connectivity index (χ4v) is 7.10. The zero-order chi connectivity index (χ0) is 40.7. The molecule has 2 heterocycles. The first-order chi connectivity index (χ1) is 26.9. The second-order valence-corrected chi connectivity index (χ2v) is 20.9. The third-order valence-electron chi connectivity index (χ3n) is 8.99. The summed E-state index contributed by atoms with van der Waals surface area (Å²) in [6.45, 7) is 14.8. The van der Waals surface area contributed by atoms with E-state index >= 15 is 0 Å². The second kappa shape index (κ2) is 21.5. The van der Waals surface area contributed by atoms with Crippen molar-refractivity contribution in [3.05, 3.63) is 84.6 Å². The minimum absolute atomic E-state index is 0.00686. The van der Waals surface area contributed by atoms with E-state index in [1.165, 1.54) is 24.2 Å². The minimum atomic E-state index is -1.40. The Kier molecular flexibility index (Phi) is 16.9. The standard InChI is InChI=1S/C41H53BrN4O9Si/c1-7-19-54-40(49)43-37(44-41(50)55-20-8-2)17-14-29-12-15-30(16-13-29)31-24-34-39(48)46(28-52-22-23-56(4,5)6)33-26-36(53-21-11-9-10-18-42)35(51-3)25-32(33)38(47)45(34)27-31/h7-8,12-13,15-16,25-27,34H,1-2,9-11,14,17-24,28H2,3-6H3,(H,43,44,49,50)/t34-/m0/s1. The number of halogens is 1. The van der Waals surface area contributed by atoms with Gasteiger partial charge in [0.25, 0.3) is 11.8 Å². The Hall–Kier alpha value is -4.73. The number of hydrogen-bond acceptors (Lipinski definition) is 9. The first-order valence-electron chi connectivity index (χ1n) is 18.7. The molecule has 1 atom stereocenters. The second-order valence-electron chi connectivity index (χ2n) is 14.5.